The molecule has 32 heavy (non-hydrogen) atoms. The third kappa shape index (κ3) is 3.50. The lowest BCUT2D eigenvalue weighted by Crippen LogP contribution is -2.30. The third-order valence-corrected chi connectivity index (χ3v) is 7.46. The number of carboxylic acids is 1. The average Bonchev–Trinajstić information content (AvgIpc) is 3.05. The summed E-state index contributed by atoms with van der Waals surface area (Å²) in [7, 11) is 1.89. The van der Waals surface area contributed by atoms with Gasteiger partial charge in [-0.15, -0.1) is 0 Å². The SMILES string of the molecule is CCC(C)(C)C1C/C(=C/c2cc(C#N)n(C)c2C)c2nc3ccccc3c(C(=O)O)c2C1. The Labute approximate surface area is 189 Å². The van der Waals surface area contributed by atoms with E-state index in [0.29, 0.717) is 34.5 Å². The summed E-state index contributed by atoms with van der Waals surface area (Å²) in [4.78, 5) is 17.4. The highest BCUT2D eigenvalue weighted by atomic mass is 16.4. The maximum Gasteiger partial charge on any atom is 0.336 e. The highest BCUT2D eigenvalue weighted by Gasteiger charge is 2.36. The molecule has 1 aliphatic carbocycles. The van der Waals surface area contributed by atoms with Crippen LogP contribution in [0.1, 0.15) is 72.2 Å². The highest BCUT2D eigenvalue weighted by Crippen LogP contribution is 2.46. The summed E-state index contributed by atoms with van der Waals surface area (Å²) in [6.45, 7) is 8.71. The van der Waals surface area contributed by atoms with Gasteiger partial charge in [-0.1, -0.05) is 45.4 Å². The molecule has 1 atom stereocenters. The third-order valence-electron chi connectivity index (χ3n) is 7.46. The zero-order valence-electron chi connectivity index (χ0n) is 19.4. The second-order valence-corrected chi connectivity index (χ2v) is 9.49. The molecule has 3 aromatic rings. The van der Waals surface area contributed by atoms with Gasteiger partial charge in [0, 0.05) is 18.1 Å². The number of carbonyl (C=O) groups is 1. The first-order valence-electron chi connectivity index (χ1n) is 11.1. The molecular formula is C27H29N3O2. The smallest absolute Gasteiger partial charge is 0.336 e. The Bertz CT molecular complexity index is 1300. The molecule has 1 aliphatic rings. The van der Waals surface area contributed by atoms with Gasteiger partial charge in [0.1, 0.15) is 11.8 Å². The van der Waals surface area contributed by atoms with Crippen LogP contribution in [-0.2, 0) is 13.5 Å². The fourth-order valence-corrected chi connectivity index (χ4v) is 4.77. The molecule has 5 heteroatoms. The summed E-state index contributed by atoms with van der Waals surface area (Å²) >= 11 is 0. The molecule has 1 aromatic carbocycles. The van der Waals surface area contributed by atoms with Crippen LogP contribution in [0.4, 0.5) is 0 Å². The van der Waals surface area contributed by atoms with E-state index in [-0.39, 0.29) is 5.41 Å². The Kier molecular flexibility index (Phi) is 5.42. The van der Waals surface area contributed by atoms with Gasteiger partial charge in [0.2, 0.25) is 0 Å². The number of pyridine rings is 1. The molecule has 0 amide bonds. The summed E-state index contributed by atoms with van der Waals surface area (Å²) in [5.74, 6) is -0.608. The van der Waals surface area contributed by atoms with E-state index in [2.05, 4.69) is 32.9 Å². The van der Waals surface area contributed by atoms with Crippen LogP contribution in [0, 0.1) is 29.6 Å². The van der Waals surface area contributed by atoms with Crippen molar-refractivity contribution in [1.29, 1.82) is 5.26 Å². The Balaban J connectivity index is 2.02. The van der Waals surface area contributed by atoms with Crippen LogP contribution in [-0.4, -0.2) is 20.6 Å². The Morgan fingerprint density at radius 2 is 2.06 bits per heavy atom. The van der Waals surface area contributed by atoms with Crippen LogP contribution >= 0.6 is 0 Å². The van der Waals surface area contributed by atoms with E-state index in [4.69, 9.17) is 4.98 Å². The number of fused-ring (bicyclic) bond motifs is 2. The van der Waals surface area contributed by atoms with Gasteiger partial charge in [-0.05, 0) is 66.0 Å². The second kappa shape index (κ2) is 7.94. The van der Waals surface area contributed by atoms with Gasteiger partial charge in [-0.3, -0.25) is 0 Å². The highest BCUT2D eigenvalue weighted by molar-refractivity contribution is 6.06. The first kappa shape index (κ1) is 21.8. The van der Waals surface area contributed by atoms with Crippen molar-refractivity contribution in [1.82, 2.24) is 9.55 Å². The van der Waals surface area contributed by atoms with E-state index >= 15 is 0 Å². The van der Waals surface area contributed by atoms with E-state index in [9.17, 15) is 15.2 Å². The lowest BCUT2D eigenvalue weighted by atomic mass is 9.67. The Hall–Kier alpha value is -3.39. The van der Waals surface area contributed by atoms with Gasteiger partial charge < -0.3 is 9.67 Å². The zero-order chi connectivity index (χ0) is 23.2. The number of hydrogen-bond donors (Lipinski definition) is 1. The number of aromatic nitrogens is 2. The van der Waals surface area contributed by atoms with Gasteiger partial charge in [0.05, 0.1) is 16.8 Å². The molecule has 0 fully saturated rings. The number of nitriles is 1. The first-order valence-corrected chi connectivity index (χ1v) is 11.1. The van der Waals surface area contributed by atoms with Crippen molar-refractivity contribution in [2.24, 2.45) is 18.4 Å². The van der Waals surface area contributed by atoms with Crippen molar-refractivity contribution < 1.29 is 9.90 Å². The van der Waals surface area contributed by atoms with Crippen molar-refractivity contribution in [3.05, 3.63) is 64.1 Å². The van der Waals surface area contributed by atoms with Gasteiger partial charge in [-0.2, -0.15) is 5.26 Å². The zero-order valence-corrected chi connectivity index (χ0v) is 19.4. The number of carboxylic acid groups (broad SMARTS) is 1. The van der Waals surface area contributed by atoms with Crippen molar-refractivity contribution in [2.75, 3.05) is 0 Å². The molecule has 0 aliphatic heterocycles. The molecule has 0 bridgehead atoms. The molecule has 0 saturated carbocycles. The van der Waals surface area contributed by atoms with E-state index in [1.54, 1.807) is 0 Å². The molecule has 0 spiro atoms. The van der Waals surface area contributed by atoms with Crippen LogP contribution < -0.4 is 0 Å². The lowest BCUT2D eigenvalue weighted by molar-refractivity contribution is 0.0696. The molecule has 5 nitrogen and oxygen atoms in total. The largest absolute Gasteiger partial charge is 0.478 e. The summed E-state index contributed by atoms with van der Waals surface area (Å²) < 4.78 is 1.89. The van der Waals surface area contributed by atoms with Crippen LogP contribution in [0.3, 0.4) is 0 Å². The molecular weight excluding hydrogens is 398 g/mol. The van der Waals surface area contributed by atoms with Crippen molar-refractivity contribution >= 4 is 28.5 Å². The summed E-state index contributed by atoms with van der Waals surface area (Å²) in [5, 5.41) is 20.3. The average molecular weight is 428 g/mol. The Morgan fingerprint density at radius 1 is 1.34 bits per heavy atom. The molecule has 0 radical (unpaired) electrons. The number of allylic oxidation sites excluding steroid dienone is 1. The second-order valence-electron chi connectivity index (χ2n) is 9.49. The minimum atomic E-state index is -0.906. The van der Waals surface area contributed by atoms with Gasteiger partial charge >= 0.3 is 5.97 Å². The first-order chi connectivity index (χ1) is 15.2. The maximum absolute atomic E-state index is 12.4. The van der Waals surface area contributed by atoms with Crippen LogP contribution in [0.15, 0.2) is 30.3 Å². The van der Waals surface area contributed by atoms with Crippen molar-refractivity contribution in [3.8, 4) is 6.07 Å². The standard InChI is InChI=1S/C27H29N3O2/c1-6-27(3,4)19-12-18(11-17-13-20(15-28)30(5)16(17)2)25-22(14-19)24(26(31)32)21-9-7-8-10-23(21)29-25/h7-11,13,19H,6,12,14H2,1-5H3,(H,31,32)/b18-11-. The van der Waals surface area contributed by atoms with Crippen molar-refractivity contribution in [3.63, 3.8) is 0 Å². The number of para-hydroxylation sites is 1. The van der Waals surface area contributed by atoms with Crippen LogP contribution in [0.2, 0.25) is 0 Å². The minimum Gasteiger partial charge on any atom is -0.478 e. The Morgan fingerprint density at radius 3 is 2.69 bits per heavy atom. The van der Waals surface area contributed by atoms with Gasteiger partial charge in [0.25, 0.3) is 0 Å². The number of nitrogens with zero attached hydrogens (tertiary/aromatic N) is 3. The summed E-state index contributed by atoms with van der Waals surface area (Å²) in [6.07, 6.45) is 4.64. The number of benzene rings is 1. The lowest BCUT2D eigenvalue weighted by Gasteiger charge is -2.38. The number of hydrogen-bond acceptors (Lipinski definition) is 3. The van der Waals surface area contributed by atoms with Gasteiger partial charge in [-0.25, -0.2) is 9.78 Å². The molecule has 2 aromatic heterocycles. The maximum atomic E-state index is 12.4. The molecule has 1 N–H and O–H groups in total. The quantitative estimate of drug-likeness (QED) is 0.554. The number of rotatable bonds is 4. The molecule has 4 rings (SSSR count). The molecule has 1 unspecified atom stereocenters. The van der Waals surface area contributed by atoms with E-state index in [0.717, 1.165) is 40.9 Å². The summed E-state index contributed by atoms with van der Waals surface area (Å²) in [6, 6.07) is 11.6. The van der Waals surface area contributed by atoms with E-state index < -0.39 is 5.97 Å². The predicted octanol–water partition coefficient (Wildman–Crippen LogP) is 5.99. The topological polar surface area (TPSA) is 78.9 Å². The fraction of sp³-hybridized carbons (Fsp3) is 0.370. The predicted molar refractivity (Wildman–Crippen MR) is 127 cm³/mol. The van der Waals surface area contributed by atoms with E-state index in [1.807, 2.05) is 48.9 Å². The monoisotopic (exact) mass is 427 g/mol. The minimum absolute atomic E-state index is 0.0573. The fourth-order valence-electron chi connectivity index (χ4n) is 4.77. The summed E-state index contributed by atoms with van der Waals surface area (Å²) in [5.41, 5.74) is 6.37. The van der Waals surface area contributed by atoms with Gasteiger partial charge in [0.15, 0.2) is 0 Å². The molecule has 164 valence electrons. The normalized spacial score (nSPS) is 17.4. The molecule has 0 saturated heterocycles. The number of aromatic carboxylic acids is 1. The van der Waals surface area contributed by atoms with Crippen LogP contribution in [0.25, 0.3) is 22.6 Å². The van der Waals surface area contributed by atoms with E-state index in [1.165, 1.54) is 0 Å². The van der Waals surface area contributed by atoms with Crippen LogP contribution in [0.5, 0.6) is 0 Å². The van der Waals surface area contributed by atoms with Crippen molar-refractivity contribution in [2.45, 2.75) is 47.0 Å². The molecule has 2 heterocycles.